The van der Waals surface area contributed by atoms with Gasteiger partial charge in [-0.2, -0.15) is 0 Å². The fourth-order valence-electron chi connectivity index (χ4n) is 5.40. The molecule has 9 heteroatoms. The molecule has 3 aromatic carbocycles. The van der Waals surface area contributed by atoms with E-state index >= 15 is 0 Å². The first kappa shape index (κ1) is 31.1. The minimum atomic E-state index is -4.10. The van der Waals surface area contributed by atoms with Gasteiger partial charge in [0, 0.05) is 25.1 Å². The van der Waals surface area contributed by atoms with E-state index < -0.39 is 21.5 Å². The van der Waals surface area contributed by atoms with Crippen LogP contribution in [-0.4, -0.2) is 44.5 Å². The maximum absolute atomic E-state index is 14.3. The minimum absolute atomic E-state index is 0.159. The Balaban J connectivity index is 1.80. The number of guanidine groups is 1. The van der Waals surface area contributed by atoms with Gasteiger partial charge in [0.15, 0.2) is 0 Å². The Bertz CT molecular complexity index is 1570. The smallest absolute Gasteiger partial charge is 0.310 e. The van der Waals surface area contributed by atoms with Crippen LogP contribution in [-0.2, 0) is 39.1 Å². The van der Waals surface area contributed by atoms with Crippen LogP contribution in [0.15, 0.2) is 70.6 Å². The van der Waals surface area contributed by atoms with Crippen LogP contribution < -0.4 is 9.46 Å². The standard InChI is InChI=1S/C33H41N3O5S/c1-22(31(37)40-7)20-36(21-27-16-12-9-13-17-27)32(34-19-26-14-10-8-11-15-26)35-42(38,39)30-24(3)23(2)29-28(25(30)4)18-33(5,6)41-29/h8-17,22H,18-21H2,1-7H3,(H,34,35). The van der Waals surface area contributed by atoms with Crippen molar-refractivity contribution in [3.8, 4) is 5.75 Å². The Morgan fingerprint density at radius 3 is 2.19 bits per heavy atom. The molecular weight excluding hydrogens is 550 g/mol. The van der Waals surface area contributed by atoms with Gasteiger partial charge in [-0.1, -0.05) is 67.6 Å². The number of fused-ring (bicyclic) bond motifs is 1. The van der Waals surface area contributed by atoms with Crippen molar-refractivity contribution < 1.29 is 22.7 Å². The fourth-order valence-corrected chi connectivity index (χ4v) is 7.02. The molecule has 3 aromatic rings. The zero-order chi connectivity index (χ0) is 30.7. The van der Waals surface area contributed by atoms with E-state index in [9.17, 15) is 13.2 Å². The molecule has 0 saturated carbocycles. The Labute approximate surface area is 249 Å². The molecule has 1 atom stereocenters. The van der Waals surface area contributed by atoms with Crippen molar-refractivity contribution in [1.29, 1.82) is 0 Å². The third kappa shape index (κ3) is 6.95. The highest BCUT2D eigenvalue weighted by molar-refractivity contribution is 7.90. The lowest BCUT2D eigenvalue weighted by atomic mass is 9.94. The monoisotopic (exact) mass is 591 g/mol. The van der Waals surface area contributed by atoms with E-state index in [-0.39, 0.29) is 29.9 Å². The molecule has 1 N–H and O–H groups in total. The maximum atomic E-state index is 14.3. The van der Waals surface area contributed by atoms with Crippen molar-refractivity contribution in [1.82, 2.24) is 9.62 Å². The number of carbonyl (C=O) groups is 1. The summed E-state index contributed by atoms with van der Waals surface area (Å²) in [5, 5.41) is 0. The van der Waals surface area contributed by atoms with E-state index in [4.69, 9.17) is 14.5 Å². The zero-order valence-corrected chi connectivity index (χ0v) is 26.3. The van der Waals surface area contributed by atoms with Crippen molar-refractivity contribution in [3.05, 3.63) is 94.0 Å². The molecular formula is C33H41N3O5S. The van der Waals surface area contributed by atoms with Gasteiger partial charge >= 0.3 is 5.97 Å². The number of aliphatic imine (C=N–C) groups is 1. The van der Waals surface area contributed by atoms with Crippen LogP contribution >= 0.6 is 0 Å². The van der Waals surface area contributed by atoms with Crippen LogP contribution in [0.3, 0.4) is 0 Å². The number of nitrogens with zero attached hydrogens (tertiary/aromatic N) is 2. The van der Waals surface area contributed by atoms with Gasteiger partial charge in [-0.3, -0.25) is 4.79 Å². The van der Waals surface area contributed by atoms with Gasteiger partial charge in [0.25, 0.3) is 10.0 Å². The van der Waals surface area contributed by atoms with E-state index in [1.807, 2.05) is 95.3 Å². The number of methoxy groups -OCH3 is 1. The van der Waals surface area contributed by atoms with Gasteiger partial charge < -0.3 is 14.4 Å². The highest BCUT2D eigenvalue weighted by Gasteiger charge is 2.37. The second-order valence-electron chi connectivity index (χ2n) is 11.6. The molecule has 0 aliphatic carbocycles. The number of hydrogen-bond acceptors (Lipinski definition) is 6. The minimum Gasteiger partial charge on any atom is -0.487 e. The summed E-state index contributed by atoms with van der Waals surface area (Å²) < 4.78 is 42.6. The number of esters is 1. The van der Waals surface area contributed by atoms with Gasteiger partial charge in [-0.15, -0.1) is 0 Å². The highest BCUT2D eigenvalue weighted by Crippen LogP contribution is 2.43. The average Bonchev–Trinajstić information content (AvgIpc) is 3.30. The molecule has 0 fully saturated rings. The van der Waals surface area contributed by atoms with E-state index in [1.165, 1.54) is 7.11 Å². The Morgan fingerprint density at radius 2 is 1.60 bits per heavy atom. The van der Waals surface area contributed by atoms with Crippen molar-refractivity contribution in [2.45, 2.75) is 71.5 Å². The SMILES string of the molecule is COC(=O)C(C)CN(Cc1ccccc1)C(=NCc1ccccc1)NS(=O)(=O)c1c(C)c(C)c2c(c1C)CC(C)(C)O2. The molecule has 0 radical (unpaired) electrons. The predicted molar refractivity (Wildman–Crippen MR) is 165 cm³/mol. The zero-order valence-electron chi connectivity index (χ0n) is 25.5. The molecule has 1 aliphatic rings. The van der Waals surface area contributed by atoms with Crippen molar-refractivity contribution in [2.75, 3.05) is 13.7 Å². The molecule has 1 aliphatic heterocycles. The van der Waals surface area contributed by atoms with E-state index in [1.54, 1.807) is 11.8 Å². The first-order chi connectivity index (χ1) is 19.8. The summed E-state index contributed by atoms with van der Waals surface area (Å²) in [7, 11) is -2.75. The normalized spacial score (nSPS) is 15.0. The third-order valence-electron chi connectivity index (χ3n) is 7.65. The third-order valence-corrected chi connectivity index (χ3v) is 9.26. The second kappa shape index (κ2) is 12.6. The van der Waals surface area contributed by atoms with E-state index in [2.05, 4.69) is 4.72 Å². The summed E-state index contributed by atoms with van der Waals surface area (Å²) in [5.41, 5.74) is 4.48. The largest absolute Gasteiger partial charge is 0.487 e. The molecule has 42 heavy (non-hydrogen) atoms. The summed E-state index contributed by atoms with van der Waals surface area (Å²) >= 11 is 0. The lowest BCUT2D eigenvalue weighted by molar-refractivity contribution is -0.145. The number of carbonyl (C=O) groups excluding carboxylic acids is 1. The Hall–Kier alpha value is -3.85. The molecule has 1 heterocycles. The molecule has 8 nitrogen and oxygen atoms in total. The van der Waals surface area contributed by atoms with E-state index in [0.717, 1.165) is 28.0 Å². The number of rotatable bonds is 9. The first-order valence-corrected chi connectivity index (χ1v) is 15.6. The lowest BCUT2D eigenvalue weighted by Crippen LogP contribution is -2.46. The van der Waals surface area contributed by atoms with Crippen LogP contribution in [0.25, 0.3) is 0 Å². The summed E-state index contributed by atoms with van der Waals surface area (Å²) in [6.45, 7) is 12.1. The number of hydrogen-bond donors (Lipinski definition) is 1. The van der Waals surface area contributed by atoms with Crippen molar-refractivity contribution >= 4 is 22.0 Å². The van der Waals surface area contributed by atoms with Crippen LogP contribution in [0.4, 0.5) is 0 Å². The topological polar surface area (TPSA) is 97.3 Å². The Kier molecular flexibility index (Phi) is 9.30. The quantitative estimate of drug-likeness (QED) is 0.201. The molecule has 0 amide bonds. The van der Waals surface area contributed by atoms with Gasteiger partial charge in [0.2, 0.25) is 5.96 Å². The first-order valence-electron chi connectivity index (χ1n) is 14.1. The number of benzene rings is 3. The van der Waals surface area contributed by atoms with Crippen LogP contribution in [0.1, 0.15) is 54.2 Å². The molecule has 4 rings (SSSR count). The van der Waals surface area contributed by atoms with Crippen LogP contribution in [0.2, 0.25) is 0 Å². The molecule has 1 unspecified atom stereocenters. The molecule has 0 saturated heterocycles. The molecule has 224 valence electrons. The van der Waals surface area contributed by atoms with Gasteiger partial charge in [0.1, 0.15) is 11.4 Å². The summed E-state index contributed by atoms with van der Waals surface area (Å²) in [4.78, 5) is 19.3. The average molecular weight is 592 g/mol. The molecule has 0 aromatic heterocycles. The second-order valence-corrected chi connectivity index (χ2v) is 13.2. The van der Waals surface area contributed by atoms with Crippen LogP contribution in [0.5, 0.6) is 5.75 Å². The number of ether oxygens (including phenoxy) is 2. The van der Waals surface area contributed by atoms with Crippen molar-refractivity contribution in [3.63, 3.8) is 0 Å². The van der Waals surface area contributed by atoms with Gasteiger partial charge in [-0.05, 0) is 62.4 Å². The molecule has 0 bridgehead atoms. The fraction of sp³-hybridized carbons (Fsp3) is 0.394. The van der Waals surface area contributed by atoms with Crippen LogP contribution in [0, 0.1) is 26.7 Å². The maximum Gasteiger partial charge on any atom is 0.310 e. The summed E-state index contributed by atoms with van der Waals surface area (Å²) in [6, 6.07) is 19.3. The number of sulfonamides is 1. The molecule has 0 spiro atoms. The number of nitrogens with one attached hydrogen (secondary N) is 1. The highest BCUT2D eigenvalue weighted by atomic mass is 32.2. The predicted octanol–water partition coefficient (Wildman–Crippen LogP) is 5.47. The summed E-state index contributed by atoms with van der Waals surface area (Å²) in [6.07, 6.45) is 0.615. The Morgan fingerprint density at radius 1 is 1.00 bits per heavy atom. The van der Waals surface area contributed by atoms with Gasteiger partial charge in [0.05, 0.1) is 24.5 Å². The van der Waals surface area contributed by atoms with E-state index in [0.29, 0.717) is 24.1 Å². The summed E-state index contributed by atoms with van der Waals surface area (Å²) in [5.74, 6) is 0.00799. The lowest BCUT2D eigenvalue weighted by Gasteiger charge is -2.29. The van der Waals surface area contributed by atoms with Crippen molar-refractivity contribution in [2.24, 2.45) is 10.9 Å². The van der Waals surface area contributed by atoms with Gasteiger partial charge in [-0.25, -0.2) is 18.1 Å².